The highest BCUT2D eigenvalue weighted by molar-refractivity contribution is 9.08. The summed E-state index contributed by atoms with van der Waals surface area (Å²) >= 11 is 9.79. The van der Waals surface area contributed by atoms with Crippen molar-refractivity contribution >= 4 is 27.5 Å². The number of methoxy groups -OCH3 is 1. The minimum Gasteiger partial charge on any atom is -0.493 e. The summed E-state index contributed by atoms with van der Waals surface area (Å²) < 4.78 is 17.7. The van der Waals surface area contributed by atoms with Crippen LogP contribution < -0.4 is 9.47 Å². The van der Waals surface area contributed by atoms with Gasteiger partial charge in [-0.05, 0) is 45.4 Å². The maximum atomic E-state index is 6.37. The summed E-state index contributed by atoms with van der Waals surface area (Å²) in [7, 11) is 1.62. The molecule has 0 amide bonds. The molecule has 2 rings (SSSR count). The Morgan fingerprint density at radius 1 is 1.33 bits per heavy atom. The second-order valence-corrected chi connectivity index (χ2v) is 7.49. The van der Waals surface area contributed by atoms with Crippen molar-refractivity contribution in [3.63, 3.8) is 0 Å². The summed E-state index contributed by atoms with van der Waals surface area (Å²) in [6, 6.07) is 3.83. The number of halogens is 2. The summed E-state index contributed by atoms with van der Waals surface area (Å²) in [6.07, 6.45) is 0.730. The predicted molar refractivity (Wildman–Crippen MR) is 88.9 cm³/mol. The zero-order valence-electron chi connectivity index (χ0n) is 13.1. The molecule has 0 bridgehead atoms. The van der Waals surface area contributed by atoms with Gasteiger partial charge in [-0.25, -0.2) is 0 Å². The van der Waals surface area contributed by atoms with Gasteiger partial charge in [0.15, 0.2) is 11.5 Å². The summed E-state index contributed by atoms with van der Waals surface area (Å²) in [5.41, 5.74) is 0.474. The molecule has 21 heavy (non-hydrogen) atoms. The maximum absolute atomic E-state index is 6.37. The van der Waals surface area contributed by atoms with Crippen LogP contribution >= 0.6 is 27.5 Å². The summed E-state index contributed by atoms with van der Waals surface area (Å²) in [6.45, 7) is 8.23. The average Bonchev–Trinajstić information content (AvgIpc) is 2.59. The lowest BCUT2D eigenvalue weighted by atomic mass is 9.97. The number of benzene rings is 1. The highest BCUT2D eigenvalue weighted by Crippen LogP contribution is 2.44. The third-order valence-corrected chi connectivity index (χ3v) is 4.62. The first-order chi connectivity index (χ1) is 9.68. The van der Waals surface area contributed by atoms with Crippen molar-refractivity contribution in [2.75, 3.05) is 7.11 Å². The average molecular weight is 378 g/mol. The van der Waals surface area contributed by atoms with E-state index in [1.165, 1.54) is 0 Å². The zero-order chi connectivity index (χ0) is 15.8. The topological polar surface area (TPSA) is 27.7 Å². The quantitative estimate of drug-likeness (QED) is 0.693. The molecule has 0 aromatic heterocycles. The van der Waals surface area contributed by atoms with Crippen LogP contribution in [0.3, 0.4) is 0 Å². The van der Waals surface area contributed by atoms with E-state index in [9.17, 15) is 0 Å². The Morgan fingerprint density at radius 3 is 2.48 bits per heavy atom. The van der Waals surface area contributed by atoms with Crippen LogP contribution in [0.5, 0.6) is 11.5 Å². The molecule has 1 aromatic carbocycles. The van der Waals surface area contributed by atoms with Crippen LogP contribution in [0.25, 0.3) is 0 Å². The predicted octanol–water partition coefficient (Wildman–Crippen LogP) is 4.97. The lowest BCUT2D eigenvalue weighted by molar-refractivity contribution is -0.0847. The van der Waals surface area contributed by atoms with E-state index in [-0.39, 0.29) is 17.3 Å². The molecule has 0 aliphatic carbocycles. The highest BCUT2D eigenvalue weighted by atomic mass is 79.9. The van der Waals surface area contributed by atoms with E-state index in [4.69, 9.17) is 25.8 Å². The molecule has 1 saturated heterocycles. The molecule has 1 unspecified atom stereocenters. The SMILES string of the molecule is COc1cc(CBr)cc(Cl)c1OC1CC(C)(C)OC1(C)C. The Balaban J connectivity index is 2.31. The van der Waals surface area contributed by atoms with Gasteiger partial charge in [-0.3, -0.25) is 0 Å². The van der Waals surface area contributed by atoms with E-state index in [1.807, 2.05) is 26.0 Å². The van der Waals surface area contributed by atoms with Crippen molar-refractivity contribution in [2.24, 2.45) is 0 Å². The summed E-state index contributed by atoms with van der Waals surface area (Å²) in [4.78, 5) is 0. The number of alkyl halides is 1. The Labute approximate surface area is 140 Å². The van der Waals surface area contributed by atoms with Gasteiger partial charge in [-0.15, -0.1) is 0 Å². The summed E-state index contributed by atoms with van der Waals surface area (Å²) in [5.74, 6) is 1.24. The molecule has 1 heterocycles. The fraction of sp³-hybridized carbons (Fsp3) is 0.625. The van der Waals surface area contributed by atoms with Crippen LogP contribution in [0.15, 0.2) is 12.1 Å². The van der Waals surface area contributed by atoms with Gasteiger partial charge in [0.1, 0.15) is 11.7 Å². The van der Waals surface area contributed by atoms with E-state index in [0.717, 1.165) is 12.0 Å². The van der Waals surface area contributed by atoms with Crippen LogP contribution in [0.1, 0.15) is 39.7 Å². The Hall–Kier alpha value is -0.450. The van der Waals surface area contributed by atoms with Crippen molar-refractivity contribution in [2.45, 2.75) is 56.8 Å². The van der Waals surface area contributed by atoms with Gasteiger partial charge < -0.3 is 14.2 Å². The van der Waals surface area contributed by atoms with Gasteiger partial charge in [0.05, 0.1) is 17.7 Å². The van der Waals surface area contributed by atoms with Gasteiger partial charge in [0, 0.05) is 11.8 Å². The third-order valence-electron chi connectivity index (χ3n) is 3.70. The lowest BCUT2D eigenvalue weighted by Gasteiger charge is -2.28. The van der Waals surface area contributed by atoms with Crippen LogP contribution in [0.2, 0.25) is 5.02 Å². The van der Waals surface area contributed by atoms with Gasteiger partial charge in [-0.2, -0.15) is 0 Å². The molecule has 3 nitrogen and oxygen atoms in total. The van der Waals surface area contributed by atoms with E-state index in [0.29, 0.717) is 21.9 Å². The Morgan fingerprint density at radius 2 is 2.00 bits per heavy atom. The van der Waals surface area contributed by atoms with Crippen LogP contribution in [0, 0.1) is 0 Å². The molecule has 1 aliphatic rings. The lowest BCUT2D eigenvalue weighted by Crippen LogP contribution is -2.36. The third kappa shape index (κ3) is 3.66. The molecule has 1 atom stereocenters. The minimum absolute atomic E-state index is 0.0753. The number of hydrogen-bond acceptors (Lipinski definition) is 3. The second-order valence-electron chi connectivity index (χ2n) is 6.52. The first kappa shape index (κ1) is 16.9. The fourth-order valence-corrected chi connectivity index (χ4v) is 3.40. The molecule has 0 saturated carbocycles. The van der Waals surface area contributed by atoms with Gasteiger partial charge in [0.2, 0.25) is 0 Å². The molecule has 1 aromatic rings. The van der Waals surface area contributed by atoms with Gasteiger partial charge in [0.25, 0.3) is 0 Å². The molecule has 118 valence electrons. The Kier molecular flexibility index (Phi) is 4.81. The van der Waals surface area contributed by atoms with E-state index < -0.39 is 0 Å². The molecule has 0 radical (unpaired) electrons. The summed E-state index contributed by atoms with van der Waals surface area (Å²) in [5, 5.41) is 1.28. The van der Waals surface area contributed by atoms with Crippen molar-refractivity contribution in [3.05, 3.63) is 22.7 Å². The maximum Gasteiger partial charge on any atom is 0.180 e. The Bertz CT molecular complexity index is 528. The normalized spacial score (nSPS) is 23.1. The van der Waals surface area contributed by atoms with Crippen molar-refractivity contribution in [1.29, 1.82) is 0 Å². The number of ether oxygens (including phenoxy) is 3. The minimum atomic E-state index is -0.369. The molecule has 1 aliphatic heterocycles. The van der Waals surface area contributed by atoms with E-state index in [2.05, 4.69) is 29.8 Å². The highest BCUT2D eigenvalue weighted by Gasteiger charge is 2.47. The molecule has 0 N–H and O–H groups in total. The smallest absolute Gasteiger partial charge is 0.180 e. The molecular formula is C16H22BrClO3. The van der Waals surface area contributed by atoms with Crippen LogP contribution in [-0.2, 0) is 10.1 Å². The zero-order valence-corrected chi connectivity index (χ0v) is 15.5. The monoisotopic (exact) mass is 376 g/mol. The fourth-order valence-electron chi connectivity index (χ4n) is 2.80. The second kappa shape index (κ2) is 5.98. The van der Waals surface area contributed by atoms with Crippen molar-refractivity contribution in [3.8, 4) is 11.5 Å². The first-order valence-corrected chi connectivity index (χ1v) is 8.47. The molecule has 5 heteroatoms. The molecular weight excluding hydrogens is 356 g/mol. The van der Waals surface area contributed by atoms with Gasteiger partial charge >= 0.3 is 0 Å². The standard InChI is InChI=1S/C16H22BrClO3/c1-15(2)8-13(16(3,4)21-15)20-14-11(18)6-10(9-17)7-12(14)19-5/h6-7,13H,8-9H2,1-5H3. The molecule has 0 spiro atoms. The van der Waals surface area contributed by atoms with Crippen molar-refractivity contribution in [1.82, 2.24) is 0 Å². The largest absolute Gasteiger partial charge is 0.493 e. The number of rotatable bonds is 4. The molecule has 1 fully saturated rings. The van der Waals surface area contributed by atoms with Crippen molar-refractivity contribution < 1.29 is 14.2 Å². The van der Waals surface area contributed by atoms with Crippen LogP contribution in [-0.4, -0.2) is 24.4 Å². The van der Waals surface area contributed by atoms with Crippen LogP contribution in [0.4, 0.5) is 0 Å². The number of hydrogen-bond donors (Lipinski definition) is 0. The first-order valence-electron chi connectivity index (χ1n) is 6.98. The van der Waals surface area contributed by atoms with E-state index in [1.54, 1.807) is 7.11 Å². The van der Waals surface area contributed by atoms with Gasteiger partial charge in [-0.1, -0.05) is 27.5 Å². The van der Waals surface area contributed by atoms with E-state index >= 15 is 0 Å².